The highest BCUT2D eigenvalue weighted by atomic mass is 35.5. The van der Waals surface area contributed by atoms with Gasteiger partial charge in [0.25, 0.3) is 0 Å². The molecule has 0 radical (unpaired) electrons. The topological polar surface area (TPSA) is 44.8 Å². The van der Waals surface area contributed by atoms with E-state index in [-0.39, 0.29) is 5.91 Å². The molecule has 5 nitrogen and oxygen atoms in total. The highest BCUT2D eigenvalue weighted by Crippen LogP contribution is 2.33. The molecule has 1 aromatic rings. The number of benzene rings is 1. The second kappa shape index (κ2) is 6.75. The van der Waals surface area contributed by atoms with Crippen LogP contribution in [0.1, 0.15) is 12.8 Å². The number of nitrogens with zero attached hydrogens (tertiary/aromatic N) is 2. The number of nitrogens with one attached hydrogen (secondary N) is 1. The van der Waals surface area contributed by atoms with Gasteiger partial charge in [-0.25, -0.2) is 0 Å². The normalized spacial score (nSPS) is 21.3. The Labute approximate surface area is 136 Å². The summed E-state index contributed by atoms with van der Waals surface area (Å²) in [7, 11) is 1.96. The summed E-state index contributed by atoms with van der Waals surface area (Å²) in [6.45, 7) is 3.34. The fourth-order valence-electron chi connectivity index (χ4n) is 3.11. The Balaban J connectivity index is 1.69. The summed E-state index contributed by atoms with van der Waals surface area (Å²) in [6.07, 6.45) is 2.19. The predicted octanol–water partition coefficient (Wildman–Crippen LogP) is 1.75. The number of carbonyl (C=O) groups is 1. The average molecular weight is 324 g/mol. The number of rotatable bonds is 3. The first-order chi connectivity index (χ1) is 10.7. The molecule has 2 heterocycles. The van der Waals surface area contributed by atoms with E-state index in [1.807, 2.05) is 30.1 Å². The molecule has 22 heavy (non-hydrogen) atoms. The van der Waals surface area contributed by atoms with Crippen molar-refractivity contribution in [3.8, 4) is 5.75 Å². The van der Waals surface area contributed by atoms with Gasteiger partial charge in [0.2, 0.25) is 5.91 Å². The number of ether oxygens (including phenoxy) is 1. The fourth-order valence-corrected chi connectivity index (χ4v) is 3.28. The third kappa shape index (κ3) is 3.31. The van der Waals surface area contributed by atoms with Crippen LogP contribution in [0.5, 0.6) is 5.75 Å². The van der Waals surface area contributed by atoms with Crippen molar-refractivity contribution in [1.29, 1.82) is 0 Å². The Hall–Kier alpha value is -1.46. The Morgan fingerprint density at radius 2 is 2.32 bits per heavy atom. The molecule has 0 bridgehead atoms. The van der Waals surface area contributed by atoms with Gasteiger partial charge in [0.1, 0.15) is 12.4 Å². The molecule has 1 unspecified atom stereocenters. The number of hydrogen-bond donors (Lipinski definition) is 1. The molecule has 2 aliphatic rings. The Bertz CT molecular complexity index is 552. The molecule has 1 atom stereocenters. The van der Waals surface area contributed by atoms with Crippen LogP contribution in [0.4, 0.5) is 5.69 Å². The number of piperidine rings is 1. The zero-order valence-corrected chi connectivity index (χ0v) is 13.6. The van der Waals surface area contributed by atoms with Crippen LogP contribution in [-0.2, 0) is 4.79 Å². The third-order valence-corrected chi connectivity index (χ3v) is 4.62. The van der Waals surface area contributed by atoms with Gasteiger partial charge in [0, 0.05) is 24.2 Å². The molecule has 6 heteroatoms. The minimum atomic E-state index is 0.174. The van der Waals surface area contributed by atoms with E-state index in [1.54, 1.807) is 0 Å². The molecule has 0 saturated carbocycles. The van der Waals surface area contributed by atoms with E-state index in [4.69, 9.17) is 16.3 Å². The number of likely N-dealkylation sites (N-methyl/N-ethyl adjacent to an activating group) is 1. The Kier molecular flexibility index (Phi) is 4.74. The molecule has 3 rings (SSSR count). The van der Waals surface area contributed by atoms with Crippen LogP contribution in [0.2, 0.25) is 5.02 Å². The van der Waals surface area contributed by atoms with Crippen LogP contribution in [-0.4, -0.2) is 56.7 Å². The maximum absolute atomic E-state index is 12.6. The molecule has 120 valence electrons. The standard InChI is InChI=1S/C16H22ClN3O2/c1-18-13-3-2-6-20(10-13)16(21)11-19-7-8-22-15-5-4-12(17)9-14(15)19/h4-5,9,13,18H,2-3,6-8,10-11H2,1H3. The van der Waals surface area contributed by atoms with Crippen LogP contribution in [0, 0.1) is 0 Å². The highest BCUT2D eigenvalue weighted by molar-refractivity contribution is 6.31. The number of fused-ring (bicyclic) bond motifs is 1. The van der Waals surface area contributed by atoms with E-state index in [0.29, 0.717) is 30.8 Å². The van der Waals surface area contributed by atoms with Crippen molar-refractivity contribution < 1.29 is 9.53 Å². The smallest absolute Gasteiger partial charge is 0.242 e. The number of hydrogen-bond acceptors (Lipinski definition) is 4. The fraction of sp³-hybridized carbons (Fsp3) is 0.562. The van der Waals surface area contributed by atoms with Crippen molar-refractivity contribution in [2.75, 3.05) is 44.7 Å². The van der Waals surface area contributed by atoms with E-state index >= 15 is 0 Å². The largest absolute Gasteiger partial charge is 0.490 e. The van der Waals surface area contributed by atoms with Gasteiger partial charge in [-0.3, -0.25) is 4.79 Å². The van der Waals surface area contributed by atoms with Gasteiger partial charge < -0.3 is 19.9 Å². The summed E-state index contributed by atoms with van der Waals surface area (Å²) in [5.41, 5.74) is 0.911. The average Bonchev–Trinajstić information content (AvgIpc) is 2.55. The second-order valence-corrected chi connectivity index (χ2v) is 6.29. The van der Waals surface area contributed by atoms with Crippen LogP contribution >= 0.6 is 11.6 Å². The van der Waals surface area contributed by atoms with Crippen molar-refractivity contribution in [2.45, 2.75) is 18.9 Å². The lowest BCUT2D eigenvalue weighted by atomic mass is 10.1. The van der Waals surface area contributed by atoms with Gasteiger partial charge in [-0.2, -0.15) is 0 Å². The van der Waals surface area contributed by atoms with Gasteiger partial charge in [0.05, 0.1) is 18.8 Å². The van der Waals surface area contributed by atoms with Crippen LogP contribution in [0.3, 0.4) is 0 Å². The highest BCUT2D eigenvalue weighted by Gasteiger charge is 2.26. The van der Waals surface area contributed by atoms with Gasteiger partial charge in [-0.1, -0.05) is 11.6 Å². The van der Waals surface area contributed by atoms with Gasteiger partial charge >= 0.3 is 0 Å². The number of amides is 1. The molecule has 1 N–H and O–H groups in total. The molecule has 1 aromatic carbocycles. The number of likely N-dealkylation sites (tertiary alicyclic amines) is 1. The number of carbonyl (C=O) groups excluding carboxylic acids is 1. The van der Waals surface area contributed by atoms with Gasteiger partial charge in [-0.05, 0) is 38.1 Å². The molecular weight excluding hydrogens is 302 g/mol. The van der Waals surface area contributed by atoms with Crippen molar-refractivity contribution >= 4 is 23.2 Å². The zero-order chi connectivity index (χ0) is 15.5. The lowest BCUT2D eigenvalue weighted by Gasteiger charge is -2.36. The molecule has 1 amide bonds. The first-order valence-corrected chi connectivity index (χ1v) is 8.17. The summed E-state index contributed by atoms with van der Waals surface area (Å²) in [4.78, 5) is 16.6. The summed E-state index contributed by atoms with van der Waals surface area (Å²) >= 11 is 6.08. The SMILES string of the molecule is CNC1CCCN(C(=O)CN2CCOc3ccc(Cl)cc32)C1. The van der Waals surface area contributed by atoms with E-state index in [9.17, 15) is 4.79 Å². The number of halogens is 1. The number of anilines is 1. The summed E-state index contributed by atoms with van der Waals surface area (Å²) in [6, 6.07) is 5.96. The van der Waals surface area contributed by atoms with E-state index in [2.05, 4.69) is 10.2 Å². The molecule has 0 aliphatic carbocycles. The summed E-state index contributed by atoms with van der Waals surface area (Å²) in [5.74, 6) is 0.975. The summed E-state index contributed by atoms with van der Waals surface area (Å²) < 4.78 is 5.63. The van der Waals surface area contributed by atoms with E-state index < -0.39 is 0 Å². The minimum Gasteiger partial charge on any atom is -0.490 e. The van der Waals surface area contributed by atoms with Crippen LogP contribution in [0.15, 0.2) is 18.2 Å². The maximum Gasteiger partial charge on any atom is 0.242 e. The Morgan fingerprint density at radius 1 is 1.45 bits per heavy atom. The van der Waals surface area contributed by atoms with E-state index in [1.165, 1.54) is 0 Å². The molecular formula is C16H22ClN3O2. The molecule has 1 saturated heterocycles. The van der Waals surface area contributed by atoms with Crippen molar-refractivity contribution in [1.82, 2.24) is 10.2 Å². The van der Waals surface area contributed by atoms with Crippen molar-refractivity contribution in [3.05, 3.63) is 23.2 Å². The lowest BCUT2D eigenvalue weighted by molar-refractivity contribution is -0.131. The second-order valence-electron chi connectivity index (χ2n) is 5.85. The lowest BCUT2D eigenvalue weighted by Crippen LogP contribution is -2.50. The van der Waals surface area contributed by atoms with Crippen LogP contribution < -0.4 is 15.0 Å². The monoisotopic (exact) mass is 323 g/mol. The molecule has 2 aliphatic heterocycles. The van der Waals surface area contributed by atoms with Crippen LogP contribution in [0.25, 0.3) is 0 Å². The first-order valence-electron chi connectivity index (χ1n) is 7.79. The Morgan fingerprint density at radius 3 is 3.14 bits per heavy atom. The summed E-state index contributed by atoms with van der Waals surface area (Å²) in [5, 5.41) is 3.93. The van der Waals surface area contributed by atoms with Crippen molar-refractivity contribution in [2.24, 2.45) is 0 Å². The van der Waals surface area contributed by atoms with E-state index in [0.717, 1.165) is 37.4 Å². The molecule has 0 aromatic heterocycles. The first kappa shape index (κ1) is 15.4. The quantitative estimate of drug-likeness (QED) is 0.920. The molecule has 0 spiro atoms. The zero-order valence-electron chi connectivity index (χ0n) is 12.8. The minimum absolute atomic E-state index is 0.174. The van der Waals surface area contributed by atoms with Gasteiger partial charge in [-0.15, -0.1) is 0 Å². The van der Waals surface area contributed by atoms with Crippen molar-refractivity contribution in [3.63, 3.8) is 0 Å². The molecule has 1 fully saturated rings. The maximum atomic E-state index is 12.6. The predicted molar refractivity (Wildman–Crippen MR) is 87.8 cm³/mol. The van der Waals surface area contributed by atoms with Gasteiger partial charge in [0.15, 0.2) is 0 Å². The third-order valence-electron chi connectivity index (χ3n) is 4.39.